The summed E-state index contributed by atoms with van der Waals surface area (Å²) in [6.45, 7) is 0.365. The van der Waals surface area contributed by atoms with Gasteiger partial charge in [-0.05, 0) is 18.2 Å². The summed E-state index contributed by atoms with van der Waals surface area (Å²) in [4.78, 5) is 14.4. The molecule has 0 aliphatic carbocycles. The molecule has 9 heteroatoms. The van der Waals surface area contributed by atoms with Gasteiger partial charge >= 0.3 is 5.97 Å². The Balaban J connectivity index is 1.97. The second-order valence-electron chi connectivity index (χ2n) is 4.16. The molecule has 0 saturated carbocycles. The predicted octanol–water partition coefficient (Wildman–Crippen LogP) is 1.21. The van der Waals surface area contributed by atoms with Crippen LogP contribution in [-0.4, -0.2) is 35.6 Å². The summed E-state index contributed by atoms with van der Waals surface area (Å²) in [7, 11) is -3.65. The van der Waals surface area contributed by atoms with Gasteiger partial charge in [-0.3, -0.25) is 0 Å². The Hall–Kier alpha value is -1.90. The fourth-order valence-corrected chi connectivity index (χ4v) is 2.94. The van der Waals surface area contributed by atoms with Crippen molar-refractivity contribution in [1.29, 1.82) is 0 Å². The lowest BCUT2D eigenvalue weighted by molar-refractivity contribution is 0.0691. The standard InChI is InChI=1S/C12H12ClN3O4S/c13-9-2-1-3-10(6-9)21(19,20)15-4-5-16-7-11(12(17)18)14-8-16/h1-3,6-8,15H,4-5H2,(H,17,18). The minimum atomic E-state index is -3.65. The monoisotopic (exact) mass is 329 g/mol. The Bertz CT molecular complexity index is 757. The molecule has 2 rings (SSSR count). The van der Waals surface area contributed by atoms with E-state index in [1.54, 1.807) is 12.1 Å². The molecule has 0 fully saturated rings. The third kappa shape index (κ3) is 4.03. The smallest absolute Gasteiger partial charge is 0.356 e. The van der Waals surface area contributed by atoms with Gasteiger partial charge < -0.3 is 9.67 Å². The van der Waals surface area contributed by atoms with Crippen LogP contribution in [0.5, 0.6) is 0 Å². The molecule has 2 N–H and O–H groups in total. The van der Waals surface area contributed by atoms with E-state index in [0.29, 0.717) is 5.02 Å². The molecular weight excluding hydrogens is 318 g/mol. The Kier molecular flexibility index (Phi) is 4.61. The molecule has 21 heavy (non-hydrogen) atoms. The number of halogens is 1. The van der Waals surface area contributed by atoms with E-state index in [9.17, 15) is 13.2 Å². The molecule has 0 unspecified atom stereocenters. The second-order valence-corrected chi connectivity index (χ2v) is 6.36. The maximum atomic E-state index is 12.0. The second kappa shape index (κ2) is 6.25. The van der Waals surface area contributed by atoms with E-state index < -0.39 is 16.0 Å². The van der Waals surface area contributed by atoms with E-state index in [1.807, 2.05) is 0 Å². The van der Waals surface area contributed by atoms with Crippen molar-refractivity contribution < 1.29 is 18.3 Å². The van der Waals surface area contributed by atoms with Crippen molar-refractivity contribution >= 4 is 27.6 Å². The van der Waals surface area contributed by atoms with Crippen molar-refractivity contribution in [3.05, 3.63) is 47.5 Å². The zero-order valence-corrected chi connectivity index (χ0v) is 12.3. The highest BCUT2D eigenvalue weighted by Crippen LogP contribution is 2.14. The zero-order chi connectivity index (χ0) is 15.5. The van der Waals surface area contributed by atoms with E-state index >= 15 is 0 Å². The number of imidazole rings is 1. The van der Waals surface area contributed by atoms with Crippen molar-refractivity contribution in [2.75, 3.05) is 6.54 Å². The normalized spacial score (nSPS) is 11.5. The zero-order valence-electron chi connectivity index (χ0n) is 10.7. The van der Waals surface area contributed by atoms with Crippen LogP contribution in [0.3, 0.4) is 0 Å². The van der Waals surface area contributed by atoms with Crippen LogP contribution in [0, 0.1) is 0 Å². The summed E-state index contributed by atoms with van der Waals surface area (Å²) in [5, 5.41) is 9.06. The molecule has 0 radical (unpaired) electrons. The third-order valence-corrected chi connectivity index (χ3v) is 4.31. The number of nitrogens with one attached hydrogen (secondary N) is 1. The lowest BCUT2D eigenvalue weighted by Gasteiger charge is -2.07. The first-order chi connectivity index (χ1) is 9.88. The van der Waals surface area contributed by atoms with Crippen LogP contribution in [0.4, 0.5) is 0 Å². The molecule has 0 spiro atoms. The topological polar surface area (TPSA) is 101 Å². The largest absolute Gasteiger partial charge is 0.476 e. The quantitative estimate of drug-likeness (QED) is 0.829. The Morgan fingerprint density at radius 1 is 1.43 bits per heavy atom. The molecule has 0 aliphatic heterocycles. The van der Waals surface area contributed by atoms with E-state index in [1.165, 1.54) is 29.2 Å². The summed E-state index contributed by atoms with van der Waals surface area (Å²) in [5.41, 5.74) is -0.0901. The van der Waals surface area contributed by atoms with E-state index in [-0.39, 0.29) is 23.7 Å². The van der Waals surface area contributed by atoms with Gasteiger partial charge in [0.15, 0.2) is 5.69 Å². The fraction of sp³-hybridized carbons (Fsp3) is 0.167. The van der Waals surface area contributed by atoms with Gasteiger partial charge in [-0.1, -0.05) is 17.7 Å². The summed E-state index contributed by atoms with van der Waals surface area (Å²) in [6, 6.07) is 5.92. The number of nitrogens with zero attached hydrogens (tertiary/aromatic N) is 2. The Morgan fingerprint density at radius 3 is 2.81 bits per heavy atom. The lowest BCUT2D eigenvalue weighted by Crippen LogP contribution is -2.27. The Morgan fingerprint density at radius 2 is 2.19 bits per heavy atom. The van der Waals surface area contributed by atoms with Crippen LogP contribution in [0.2, 0.25) is 5.02 Å². The third-order valence-electron chi connectivity index (χ3n) is 2.62. The van der Waals surface area contributed by atoms with Crippen LogP contribution in [0.15, 0.2) is 41.7 Å². The summed E-state index contributed by atoms with van der Waals surface area (Å²) < 4.78 is 27.9. The molecule has 0 amide bonds. The first-order valence-corrected chi connectivity index (χ1v) is 7.75. The van der Waals surface area contributed by atoms with Crippen LogP contribution in [0.25, 0.3) is 0 Å². The number of aromatic carboxylic acids is 1. The van der Waals surface area contributed by atoms with Crippen LogP contribution in [0.1, 0.15) is 10.5 Å². The van der Waals surface area contributed by atoms with E-state index in [2.05, 4.69) is 9.71 Å². The van der Waals surface area contributed by atoms with Gasteiger partial charge in [0, 0.05) is 24.3 Å². The number of hydrogen-bond donors (Lipinski definition) is 2. The minimum absolute atomic E-state index is 0.0758. The van der Waals surface area contributed by atoms with Gasteiger partial charge in [-0.25, -0.2) is 22.9 Å². The van der Waals surface area contributed by atoms with Gasteiger partial charge in [0.25, 0.3) is 0 Å². The first-order valence-electron chi connectivity index (χ1n) is 5.89. The SMILES string of the molecule is O=C(O)c1cn(CCNS(=O)(=O)c2cccc(Cl)c2)cn1. The van der Waals surface area contributed by atoms with Crippen molar-refractivity contribution in [3.8, 4) is 0 Å². The molecule has 112 valence electrons. The highest BCUT2D eigenvalue weighted by Gasteiger charge is 2.13. The number of benzene rings is 1. The fourth-order valence-electron chi connectivity index (χ4n) is 1.62. The highest BCUT2D eigenvalue weighted by molar-refractivity contribution is 7.89. The summed E-state index contributed by atoms with van der Waals surface area (Å²) >= 11 is 5.75. The van der Waals surface area contributed by atoms with Crippen molar-refractivity contribution in [3.63, 3.8) is 0 Å². The lowest BCUT2D eigenvalue weighted by atomic mass is 10.4. The van der Waals surface area contributed by atoms with Crippen molar-refractivity contribution in [2.24, 2.45) is 0 Å². The average molecular weight is 330 g/mol. The predicted molar refractivity (Wildman–Crippen MR) is 75.8 cm³/mol. The number of sulfonamides is 1. The van der Waals surface area contributed by atoms with Gasteiger partial charge in [-0.2, -0.15) is 0 Å². The van der Waals surface area contributed by atoms with Crippen LogP contribution >= 0.6 is 11.6 Å². The molecule has 2 aromatic rings. The van der Waals surface area contributed by atoms with Gasteiger partial charge in [0.2, 0.25) is 10.0 Å². The maximum absolute atomic E-state index is 12.0. The molecule has 0 saturated heterocycles. The number of carboxylic acid groups (broad SMARTS) is 1. The Labute approximate surface area is 126 Å². The number of carbonyl (C=O) groups is 1. The molecule has 1 heterocycles. The molecule has 0 bridgehead atoms. The summed E-state index contributed by atoms with van der Waals surface area (Å²) in [6.07, 6.45) is 2.66. The maximum Gasteiger partial charge on any atom is 0.356 e. The highest BCUT2D eigenvalue weighted by atomic mass is 35.5. The van der Waals surface area contributed by atoms with Gasteiger partial charge in [0.05, 0.1) is 11.2 Å². The van der Waals surface area contributed by atoms with Crippen LogP contribution < -0.4 is 4.72 Å². The number of hydrogen-bond acceptors (Lipinski definition) is 4. The molecule has 0 atom stereocenters. The molecular formula is C12H12ClN3O4S. The van der Waals surface area contributed by atoms with E-state index in [0.717, 1.165) is 0 Å². The first kappa shape index (κ1) is 15.5. The molecule has 1 aromatic heterocycles. The molecule has 1 aromatic carbocycles. The minimum Gasteiger partial charge on any atom is -0.476 e. The summed E-state index contributed by atoms with van der Waals surface area (Å²) in [5.74, 6) is -1.13. The van der Waals surface area contributed by atoms with Crippen LogP contribution in [-0.2, 0) is 16.6 Å². The van der Waals surface area contributed by atoms with E-state index in [4.69, 9.17) is 16.7 Å². The number of carboxylic acids is 1. The van der Waals surface area contributed by atoms with Gasteiger partial charge in [-0.15, -0.1) is 0 Å². The number of aromatic nitrogens is 2. The average Bonchev–Trinajstić information content (AvgIpc) is 2.87. The number of rotatable bonds is 6. The van der Waals surface area contributed by atoms with Crippen molar-refractivity contribution in [1.82, 2.24) is 14.3 Å². The van der Waals surface area contributed by atoms with Gasteiger partial charge in [0.1, 0.15) is 0 Å². The molecule has 7 nitrogen and oxygen atoms in total. The molecule has 0 aliphatic rings. The van der Waals surface area contributed by atoms with Crippen molar-refractivity contribution in [2.45, 2.75) is 11.4 Å².